The molecule has 1 aromatic heterocycles. The highest BCUT2D eigenvalue weighted by Gasteiger charge is 2.22. The summed E-state index contributed by atoms with van der Waals surface area (Å²) < 4.78 is 5.51. The Balaban J connectivity index is 1.77. The maximum Gasteiger partial charge on any atom is 0.248 e. The predicted molar refractivity (Wildman–Crippen MR) is 121 cm³/mol. The Hall–Kier alpha value is -3.41. The van der Waals surface area contributed by atoms with Crippen LogP contribution < -0.4 is 15.0 Å². The summed E-state index contributed by atoms with van der Waals surface area (Å²) in [5.74, 6) is 1.23. The molecule has 0 unspecified atom stereocenters. The number of ether oxygens (including phenoxy) is 1. The molecule has 0 bridgehead atoms. The van der Waals surface area contributed by atoms with Crippen LogP contribution in [0.3, 0.4) is 0 Å². The van der Waals surface area contributed by atoms with Crippen molar-refractivity contribution in [1.29, 1.82) is 0 Å². The number of hydrogen-bond donors (Lipinski definition) is 1. The highest BCUT2D eigenvalue weighted by atomic mass is 16.5. The largest absolute Gasteiger partial charge is 0.494 e. The van der Waals surface area contributed by atoms with Gasteiger partial charge < -0.3 is 15.0 Å². The first-order valence-corrected chi connectivity index (χ1v) is 10.4. The van der Waals surface area contributed by atoms with Crippen LogP contribution in [0.2, 0.25) is 0 Å². The average molecular weight is 402 g/mol. The zero-order valence-electron chi connectivity index (χ0n) is 17.4. The second-order valence-corrected chi connectivity index (χ2v) is 7.33. The molecule has 2 aromatic carbocycles. The molecule has 0 atom stereocenters. The van der Waals surface area contributed by atoms with Crippen molar-refractivity contribution in [2.24, 2.45) is 0 Å². The van der Waals surface area contributed by atoms with Crippen molar-refractivity contribution in [2.75, 3.05) is 23.9 Å². The molecule has 1 N–H and O–H groups in total. The van der Waals surface area contributed by atoms with Crippen molar-refractivity contribution in [1.82, 2.24) is 9.97 Å². The number of aryl methyl sites for hydroxylation is 1. The van der Waals surface area contributed by atoms with Gasteiger partial charge in [0, 0.05) is 23.7 Å². The Morgan fingerprint density at radius 2 is 2.13 bits per heavy atom. The third kappa shape index (κ3) is 3.99. The molecule has 0 aliphatic carbocycles. The molecular formula is C24H26N4O2. The number of carbonyl (C=O) groups is 1. The lowest BCUT2D eigenvalue weighted by Gasteiger charge is -2.31. The van der Waals surface area contributed by atoms with Gasteiger partial charge in [0.2, 0.25) is 5.91 Å². The number of unbranched alkanes of at least 4 members (excludes halogenated alkanes) is 1. The maximum absolute atomic E-state index is 12.3. The number of hydrogen-bond acceptors (Lipinski definition) is 5. The number of nitrogens with zero attached hydrogens (tertiary/aromatic N) is 3. The van der Waals surface area contributed by atoms with Crippen LogP contribution in [0.25, 0.3) is 10.9 Å². The van der Waals surface area contributed by atoms with Gasteiger partial charge in [-0.2, -0.15) is 0 Å². The topological polar surface area (TPSA) is 67.4 Å². The number of amides is 1. The van der Waals surface area contributed by atoms with E-state index in [4.69, 9.17) is 4.74 Å². The number of methoxy groups -OCH3 is 1. The number of carbonyl (C=O) groups excluding carboxylic acids is 1. The number of fused-ring (bicyclic) bond motifs is 2. The van der Waals surface area contributed by atoms with E-state index in [1.54, 1.807) is 19.5 Å². The third-order valence-corrected chi connectivity index (χ3v) is 5.28. The molecule has 6 heteroatoms. The number of rotatable bonds is 6. The molecule has 0 radical (unpaired) electrons. The van der Waals surface area contributed by atoms with Crippen molar-refractivity contribution >= 4 is 34.0 Å². The lowest BCUT2D eigenvalue weighted by Crippen LogP contribution is -2.25. The molecule has 1 amide bonds. The van der Waals surface area contributed by atoms with Gasteiger partial charge in [-0.05, 0) is 43.0 Å². The molecule has 0 saturated heterocycles. The molecule has 154 valence electrons. The van der Waals surface area contributed by atoms with Gasteiger partial charge in [0.05, 0.1) is 18.3 Å². The SMILES string of the molecule is CCC/C=C/C(=O)Nc1cc2c(N3CCCc4ccccc43)ncnc2cc1OC. The van der Waals surface area contributed by atoms with E-state index in [1.807, 2.05) is 18.2 Å². The Bertz CT molecular complexity index is 1090. The number of allylic oxidation sites excluding steroid dienone is 1. The van der Waals surface area contributed by atoms with E-state index in [-0.39, 0.29) is 5.91 Å². The van der Waals surface area contributed by atoms with Gasteiger partial charge in [-0.1, -0.05) is 37.6 Å². The lowest BCUT2D eigenvalue weighted by atomic mass is 10.0. The molecule has 2 heterocycles. The van der Waals surface area contributed by atoms with Gasteiger partial charge >= 0.3 is 0 Å². The number of anilines is 3. The van der Waals surface area contributed by atoms with Crippen LogP contribution in [0.5, 0.6) is 5.75 Å². The number of para-hydroxylation sites is 1. The van der Waals surface area contributed by atoms with Gasteiger partial charge in [-0.25, -0.2) is 9.97 Å². The van der Waals surface area contributed by atoms with Crippen LogP contribution in [0.15, 0.2) is 54.9 Å². The molecule has 1 aliphatic rings. The fraction of sp³-hybridized carbons (Fsp3) is 0.292. The van der Waals surface area contributed by atoms with Gasteiger partial charge in [0.25, 0.3) is 0 Å². The van der Waals surface area contributed by atoms with E-state index in [0.29, 0.717) is 11.4 Å². The standard InChI is InChI=1S/C24H26N4O2/c1-3-4-5-12-23(29)27-20-14-18-19(15-22(20)30-2)25-16-26-24(18)28-13-8-10-17-9-6-7-11-21(17)28/h5-7,9,11-12,14-16H,3-4,8,10,13H2,1-2H3,(H,27,29)/b12-5+. The van der Waals surface area contributed by atoms with Crippen molar-refractivity contribution in [3.05, 3.63) is 60.4 Å². The van der Waals surface area contributed by atoms with Gasteiger partial charge in [-0.15, -0.1) is 0 Å². The first-order valence-electron chi connectivity index (χ1n) is 10.4. The summed E-state index contributed by atoms with van der Waals surface area (Å²) in [4.78, 5) is 23.6. The van der Waals surface area contributed by atoms with Crippen LogP contribution >= 0.6 is 0 Å². The number of nitrogens with one attached hydrogen (secondary N) is 1. The normalized spacial score (nSPS) is 13.5. The predicted octanol–water partition coefficient (Wildman–Crippen LogP) is 5.02. The summed E-state index contributed by atoms with van der Waals surface area (Å²) in [5.41, 5.74) is 3.88. The summed E-state index contributed by atoms with van der Waals surface area (Å²) in [6, 6.07) is 12.2. The number of aromatic nitrogens is 2. The summed E-state index contributed by atoms with van der Waals surface area (Å²) in [6.45, 7) is 2.96. The Kier molecular flexibility index (Phi) is 5.93. The quantitative estimate of drug-likeness (QED) is 0.587. The fourth-order valence-electron chi connectivity index (χ4n) is 3.84. The lowest BCUT2D eigenvalue weighted by molar-refractivity contribution is -0.111. The minimum Gasteiger partial charge on any atom is -0.494 e. The van der Waals surface area contributed by atoms with Crippen LogP contribution in [0.4, 0.5) is 17.2 Å². The molecule has 6 nitrogen and oxygen atoms in total. The zero-order valence-corrected chi connectivity index (χ0v) is 17.4. The molecule has 0 fully saturated rings. The Labute approximate surface area is 176 Å². The highest BCUT2D eigenvalue weighted by Crippen LogP contribution is 2.38. The van der Waals surface area contributed by atoms with Crippen LogP contribution in [0, 0.1) is 0 Å². The van der Waals surface area contributed by atoms with Crippen molar-refractivity contribution in [2.45, 2.75) is 32.6 Å². The second-order valence-electron chi connectivity index (χ2n) is 7.33. The molecule has 0 saturated carbocycles. The summed E-state index contributed by atoms with van der Waals surface area (Å²) in [5, 5.41) is 3.81. The highest BCUT2D eigenvalue weighted by molar-refractivity contribution is 6.03. The van der Waals surface area contributed by atoms with Crippen molar-refractivity contribution in [3.63, 3.8) is 0 Å². The van der Waals surface area contributed by atoms with Crippen LogP contribution in [0.1, 0.15) is 31.7 Å². The molecule has 4 rings (SSSR count). The van der Waals surface area contributed by atoms with Crippen molar-refractivity contribution < 1.29 is 9.53 Å². The first-order chi connectivity index (χ1) is 14.7. The summed E-state index contributed by atoms with van der Waals surface area (Å²) in [6.07, 6.45) is 9.02. The van der Waals surface area contributed by atoms with E-state index < -0.39 is 0 Å². The second kappa shape index (κ2) is 8.95. The molecule has 0 spiro atoms. The van der Waals surface area contributed by atoms with Gasteiger partial charge in [0.15, 0.2) is 0 Å². The maximum atomic E-state index is 12.3. The molecular weight excluding hydrogens is 376 g/mol. The van der Waals surface area contributed by atoms with E-state index >= 15 is 0 Å². The summed E-state index contributed by atoms with van der Waals surface area (Å²) in [7, 11) is 1.59. The Morgan fingerprint density at radius 3 is 2.97 bits per heavy atom. The minimum atomic E-state index is -0.178. The monoisotopic (exact) mass is 402 g/mol. The van der Waals surface area contributed by atoms with Gasteiger partial charge in [-0.3, -0.25) is 4.79 Å². The molecule has 1 aliphatic heterocycles. The van der Waals surface area contributed by atoms with Crippen LogP contribution in [-0.4, -0.2) is 29.5 Å². The molecule has 3 aromatic rings. The van der Waals surface area contributed by atoms with E-state index in [9.17, 15) is 4.79 Å². The average Bonchev–Trinajstić information content (AvgIpc) is 2.78. The zero-order chi connectivity index (χ0) is 20.9. The fourth-order valence-corrected chi connectivity index (χ4v) is 3.84. The first kappa shape index (κ1) is 19.9. The Morgan fingerprint density at radius 1 is 1.27 bits per heavy atom. The van der Waals surface area contributed by atoms with Crippen LogP contribution in [-0.2, 0) is 11.2 Å². The number of benzene rings is 2. The molecule has 30 heavy (non-hydrogen) atoms. The van der Waals surface area contributed by atoms with E-state index in [1.165, 1.54) is 11.3 Å². The van der Waals surface area contributed by atoms with E-state index in [0.717, 1.165) is 48.9 Å². The van der Waals surface area contributed by atoms with Gasteiger partial charge in [0.1, 0.15) is 17.9 Å². The van der Waals surface area contributed by atoms with Crippen molar-refractivity contribution in [3.8, 4) is 5.75 Å². The smallest absolute Gasteiger partial charge is 0.248 e. The summed E-state index contributed by atoms with van der Waals surface area (Å²) >= 11 is 0. The third-order valence-electron chi connectivity index (χ3n) is 5.28. The minimum absolute atomic E-state index is 0.178. The van der Waals surface area contributed by atoms with E-state index in [2.05, 4.69) is 51.4 Å².